The van der Waals surface area contributed by atoms with Crippen LogP contribution >= 0.6 is 11.6 Å². The fourth-order valence-corrected chi connectivity index (χ4v) is 3.66. The minimum absolute atomic E-state index is 0.00747. The molecule has 2 aromatic carbocycles. The Morgan fingerprint density at radius 3 is 2.24 bits per heavy atom. The van der Waals surface area contributed by atoms with E-state index in [1.807, 2.05) is 31.1 Å². The molecular formula is C22H25ClFN3O2. The van der Waals surface area contributed by atoms with Gasteiger partial charge in [-0.3, -0.25) is 9.59 Å². The molecule has 1 aliphatic rings. The van der Waals surface area contributed by atoms with Gasteiger partial charge in [-0.2, -0.15) is 0 Å². The fourth-order valence-electron chi connectivity index (χ4n) is 3.53. The quantitative estimate of drug-likeness (QED) is 0.753. The minimum atomic E-state index is -0.685. The Kier molecular flexibility index (Phi) is 6.55. The van der Waals surface area contributed by atoms with E-state index in [9.17, 15) is 14.0 Å². The van der Waals surface area contributed by atoms with Gasteiger partial charge in [0.2, 0.25) is 11.8 Å². The maximum absolute atomic E-state index is 13.1. The zero-order valence-electron chi connectivity index (χ0n) is 16.6. The van der Waals surface area contributed by atoms with Crippen LogP contribution in [-0.4, -0.2) is 55.3 Å². The van der Waals surface area contributed by atoms with Crippen LogP contribution in [0.15, 0.2) is 48.5 Å². The Hall–Kier alpha value is -2.44. The van der Waals surface area contributed by atoms with Crippen molar-refractivity contribution in [2.45, 2.75) is 13.0 Å². The van der Waals surface area contributed by atoms with Crippen LogP contribution in [0.25, 0.3) is 0 Å². The maximum Gasteiger partial charge on any atom is 0.236 e. The summed E-state index contributed by atoms with van der Waals surface area (Å²) in [5.74, 6) is -0.410. The summed E-state index contributed by atoms with van der Waals surface area (Å²) in [6, 6.07) is 13.4. The van der Waals surface area contributed by atoms with E-state index >= 15 is 0 Å². The molecule has 1 aliphatic heterocycles. The molecular weight excluding hydrogens is 393 g/mol. The first-order valence-electron chi connectivity index (χ1n) is 9.47. The number of likely N-dealkylation sites (N-methyl/N-ethyl adjacent to an activating group) is 1. The highest BCUT2D eigenvalue weighted by Gasteiger charge is 2.50. The van der Waals surface area contributed by atoms with Crippen molar-refractivity contribution in [3.63, 3.8) is 0 Å². The lowest BCUT2D eigenvalue weighted by molar-refractivity contribution is -0.154. The number of amides is 2. The van der Waals surface area contributed by atoms with Crippen molar-refractivity contribution in [1.29, 1.82) is 0 Å². The molecule has 0 unspecified atom stereocenters. The highest BCUT2D eigenvalue weighted by atomic mass is 35.5. The topological polar surface area (TPSA) is 52.7 Å². The van der Waals surface area contributed by atoms with Crippen LogP contribution in [-0.2, 0) is 22.6 Å². The standard InChI is InChI=1S/C22H25ClFN3O2/c1-26(2)13-20(28)27-14-22(15-27,11-16-3-7-18(23)8-4-16)21(29)25-12-17-5-9-19(24)10-6-17/h3-10H,11-15H2,1-2H3,(H,25,29). The molecule has 2 aromatic rings. The number of halogens is 2. The number of nitrogens with zero attached hydrogens (tertiary/aromatic N) is 2. The van der Waals surface area contributed by atoms with Gasteiger partial charge in [0, 0.05) is 24.7 Å². The molecule has 29 heavy (non-hydrogen) atoms. The molecule has 1 N–H and O–H groups in total. The Morgan fingerprint density at radius 1 is 1.07 bits per heavy atom. The first-order valence-corrected chi connectivity index (χ1v) is 9.85. The van der Waals surface area contributed by atoms with Crippen LogP contribution in [0.4, 0.5) is 4.39 Å². The number of nitrogens with one attached hydrogen (secondary N) is 1. The van der Waals surface area contributed by atoms with E-state index in [1.54, 1.807) is 29.2 Å². The minimum Gasteiger partial charge on any atom is -0.351 e. The van der Waals surface area contributed by atoms with E-state index in [4.69, 9.17) is 11.6 Å². The van der Waals surface area contributed by atoms with Crippen LogP contribution < -0.4 is 5.32 Å². The molecule has 7 heteroatoms. The van der Waals surface area contributed by atoms with Crippen LogP contribution in [0, 0.1) is 11.2 Å². The summed E-state index contributed by atoms with van der Waals surface area (Å²) in [5.41, 5.74) is 1.13. The van der Waals surface area contributed by atoms with Gasteiger partial charge in [-0.15, -0.1) is 0 Å². The van der Waals surface area contributed by atoms with Crippen molar-refractivity contribution in [2.24, 2.45) is 5.41 Å². The second-order valence-electron chi connectivity index (χ2n) is 7.88. The van der Waals surface area contributed by atoms with Crippen molar-refractivity contribution in [2.75, 3.05) is 33.7 Å². The summed E-state index contributed by atoms with van der Waals surface area (Å²) in [7, 11) is 3.68. The molecule has 0 saturated carbocycles. The lowest BCUT2D eigenvalue weighted by atomic mass is 9.73. The molecule has 0 aromatic heterocycles. The zero-order chi connectivity index (χ0) is 21.0. The van der Waals surface area contributed by atoms with Gasteiger partial charge in [-0.25, -0.2) is 4.39 Å². The molecule has 1 heterocycles. The average Bonchev–Trinajstić information content (AvgIpc) is 2.64. The van der Waals surface area contributed by atoms with Gasteiger partial charge in [0.1, 0.15) is 5.82 Å². The molecule has 3 rings (SSSR count). The lowest BCUT2D eigenvalue weighted by Crippen LogP contribution is -2.66. The molecule has 0 radical (unpaired) electrons. The van der Waals surface area contributed by atoms with Crippen molar-refractivity contribution >= 4 is 23.4 Å². The van der Waals surface area contributed by atoms with E-state index in [0.717, 1.165) is 11.1 Å². The van der Waals surface area contributed by atoms with Crippen molar-refractivity contribution in [3.8, 4) is 0 Å². The van der Waals surface area contributed by atoms with E-state index in [0.29, 0.717) is 37.6 Å². The SMILES string of the molecule is CN(C)CC(=O)N1CC(Cc2ccc(Cl)cc2)(C(=O)NCc2ccc(F)cc2)C1. The summed E-state index contributed by atoms with van der Waals surface area (Å²) in [6.45, 7) is 1.37. The maximum atomic E-state index is 13.1. The van der Waals surface area contributed by atoms with Gasteiger partial charge in [-0.1, -0.05) is 35.9 Å². The summed E-state index contributed by atoms with van der Waals surface area (Å²) >= 11 is 5.97. The van der Waals surface area contributed by atoms with Gasteiger partial charge >= 0.3 is 0 Å². The second-order valence-corrected chi connectivity index (χ2v) is 8.32. The predicted molar refractivity (Wildman–Crippen MR) is 111 cm³/mol. The Bertz CT molecular complexity index is 863. The summed E-state index contributed by atoms with van der Waals surface area (Å²) in [5, 5.41) is 3.60. The Morgan fingerprint density at radius 2 is 1.66 bits per heavy atom. The van der Waals surface area contributed by atoms with Gasteiger partial charge < -0.3 is 15.1 Å². The van der Waals surface area contributed by atoms with Gasteiger partial charge in [0.05, 0.1) is 12.0 Å². The van der Waals surface area contributed by atoms with Crippen LogP contribution in [0.3, 0.4) is 0 Å². The van der Waals surface area contributed by atoms with E-state index in [-0.39, 0.29) is 17.6 Å². The molecule has 154 valence electrons. The highest BCUT2D eigenvalue weighted by molar-refractivity contribution is 6.30. The summed E-state index contributed by atoms with van der Waals surface area (Å²) in [4.78, 5) is 29.0. The largest absolute Gasteiger partial charge is 0.351 e. The number of hydrogen-bond donors (Lipinski definition) is 1. The third kappa shape index (κ3) is 5.34. The Labute approximate surface area is 175 Å². The smallest absolute Gasteiger partial charge is 0.236 e. The lowest BCUT2D eigenvalue weighted by Gasteiger charge is -2.49. The molecule has 2 amide bonds. The second kappa shape index (κ2) is 8.93. The van der Waals surface area contributed by atoms with E-state index < -0.39 is 5.41 Å². The van der Waals surface area contributed by atoms with Crippen molar-refractivity contribution in [1.82, 2.24) is 15.1 Å². The molecule has 0 bridgehead atoms. The van der Waals surface area contributed by atoms with Crippen LogP contribution in [0.1, 0.15) is 11.1 Å². The van der Waals surface area contributed by atoms with Gasteiger partial charge in [0.15, 0.2) is 0 Å². The molecule has 0 atom stereocenters. The van der Waals surface area contributed by atoms with E-state index in [1.165, 1.54) is 12.1 Å². The molecule has 5 nitrogen and oxygen atoms in total. The van der Waals surface area contributed by atoms with E-state index in [2.05, 4.69) is 5.32 Å². The van der Waals surface area contributed by atoms with Gasteiger partial charge in [-0.05, 0) is 55.9 Å². The number of likely N-dealkylation sites (tertiary alicyclic amines) is 1. The summed E-state index contributed by atoms with van der Waals surface area (Å²) < 4.78 is 13.1. The number of hydrogen-bond acceptors (Lipinski definition) is 3. The first kappa shape index (κ1) is 21.3. The molecule has 0 aliphatic carbocycles. The average molecular weight is 418 g/mol. The monoisotopic (exact) mass is 417 g/mol. The van der Waals surface area contributed by atoms with Crippen molar-refractivity contribution < 1.29 is 14.0 Å². The summed E-state index contributed by atoms with van der Waals surface area (Å²) in [6.07, 6.45) is 0.519. The number of carbonyl (C=O) groups excluding carboxylic acids is 2. The van der Waals surface area contributed by atoms with Gasteiger partial charge in [0.25, 0.3) is 0 Å². The number of rotatable bonds is 7. The molecule has 0 spiro atoms. The molecule has 1 fully saturated rings. The third-order valence-electron chi connectivity index (χ3n) is 5.10. The predicted octanol–water partition coefficient (Wildman–Crippen LogP) is 2.73. The van der Waals surface area contributed by atoms with Crippen molar-refractivity contribution in [3.05, 3.63) is 70.5 Å². The normalized spacial score (nSPS) is 15.1. The number of benzene rings is 2. The van der Waals surface area contributed by atoms with Crippen LogP contribution in [0.5, 0.6) is 0 Å². The third-order valence-corrected chi connectivity index (χ3v) is 5.35. The van der Waals surface area contributed by atoms with Crippen LogP contribution in [0.2, 0.25) is 5.02 Å². The first-order chi connectivity index (χ1) is 13.8. The molecule has 1 saturated heterocycles. The fraction of sp³-hybridized carbons (Fsp3) is 0.364. The number of carbonyl (C=O) groups is 2. The zero-order valence-corrected chi connectivity index (χ0v) is 17.4. The Balaban J connectivity index is 1.70. The highest BCUT2D eigenvalue weighted by Crippen LogP contribution is 2.35.